The Morgan fingerprint density at radius 1 is 1.13 bits per heavy atom. The number of likely N-dealkylation sites (tertiary alicyclic amines) is 1. The fourth-order valence-electron chi connectivity index (χ4n) is 3.76. The predicted octanol–water partition coefficient (Wildman–Crippen LogP) is 3.97. The molecule has 0 spiro atoms. The summed E-state index contributed by atoms with van der Waals surface area (Å²) >= 11 is 0. The van der Waals surface area contributed by atoms with Crippen molar-refractivity contribution in [3.8, 4) is 11.4 Å². The van der Waals surface area contributed by atoms with Crippen LogP contribution in [0.25, 0.3) is 11.4 Å². The number of alkyl halides is 2. The minimum absolute atomic E-state index is 0.0388. The lowest BCUT2D eigenvalue weighted by Crippen LogP contribution is -2.40. The first-order valence-electron chi connectivity index (χ1n) is 11.0. The Hall–Kier alpha value is -2.61. The largest absolute Gasteiger partial charge is 0.370 e. The highest BCUT2D eigenvalue weighted by atomic mass is 19.3. The average Bonchev–Trinajstić information content (AvgIpc) is 2.77. The monoisotopic (exact) mass is 431 g/mol. The second-order valence-electron chi connectivity index (χ2n) is 8.09. The topological polar surface area (TPSA) is 75.3 Å². The molecule has 1 amide bonds. The lowest BCUT2D eigenvalue weighted by Gasteiger charge is -2.32. The van der Waals surface area contributed by atoms with E-state index in [2.05, 4.69) is 26.7 Å². The lowest BCUT2D eigenvalue weighted by atomic mass is 10.1. The number of piperidine rings is 1. The molecule has 2 N–H and O–H groups in total. The molecule has 0 radical (unpaired) electrons. The number of primary amides is 1. The molecule has 0 bridgehead atoms. The maximum absolute atomic E-state index is 13.3. The molecule has 1 aliphatic rings. The van der Waals surface area contributed by atoms with Gasteiger partial charge in [0.05, 0.1) is 23.3 Å². The summed E-state index contributed by atoms with van der Waals surface area (Å²) < 4.78 is 26.7. The molecule has 2 aromatic heterocycles. The third kappa shape index (κ3) is 6.69. The number of carbonyl (C=O) groups excluding carboxylic acids is 1. The number of amides is 1. The van der Waals surface area contributed by atoms with E-state index in [0.717, 1.165) is 44.6 Å². The highest BCUT2D eigenvalue weighted by Crippen LogP contribution is 2.27. The molecule has 31 heavy (non-hydrogen) atoms. The number of pyridine rings is 2. The summed E-state index contributed by atoms with van der Waals surface area (Å²) in [5.74, 6) is -2.99. The van der Waals surface area contributed by atoms with Gasteiger partial charge in [-0.25, -0.2) is 8.78 Å². The number of rotatable bonds is 10. The summed E-state index contributed by atoms with van der Waals surface area (Å²) in [7, 11) is 0. The maximum Gasteiger partial charge on any atom is 0.250 e. The SMILES string of the molecule is CCCCN(CCCN1CCC(F)(F)CC1)c1ccc(-c2cc(C(N)=O)ccn2)nc1. The molecule has 168 valence electrons. The average molecular weight is 432 g/mol. The summed E-state index contributed by atoms with van der Waals surface area (Å²) in [5, 5.41) is 0. The van der Waals surface area contributed by atoms with Gasteiger partial charge in [0, 0.05) is 50.8 Å². The Labute approximate surface area is 182 Å². The summed E-state index contributed by atoms with van der Waals surface area (Å²) in [6.45, 7) is 5.69. The smallest absolute Gasteiger partial charge is 0.250 e. The fraction of sp³-hybridized carbons (Fsp3) is 0.522. The number of hydrogen-bond acceptors (Lipinski definition) is 5. The molecule has 2 aromatic rings. The summed E-state index contributed by atoms with van der Waals surface area (Å²) in [6, 6.07) is 7.13. The minimum atomic E-state index is -2.50. The lowest BCUT2D eigenvalue weighted by molar-refractivity contribution is -0.0550. The van der Waals surface area contributed by atoms with Crippen molar-refractivity contribution in [1.82, 2.24) is 14.9 Å². The first-order chi connectivity index (χ1) is 14.9. The Balaban J connectivity index is 1.61. The molecule has 0 aromatic carbocycles. The van der Waals surface area contributed by atoms with Crippen molar-refractivity contribution in [3.05, 3.63) is 42.2 Å². The predicted molar refractivity (Wildman–Crippen MR) is 118 cm³/mol. The fourth-order valence-corrected chi connectivity index (χ4v) is 3.76. The number of anilines is 1. The van der Waals surface area contributed by atoms with Gasteiger partial charge < -0.3 is 15.5 Å². The number of halogens is 2. The van der Waals surface area contributed by atoms with Crippen LogP contribution in [0, 0.1) is 0 Å². The summed E-state index contributed by atoms with van der Waals surface area (Å²) in [4.78, 5) is 24.7. The van der Waals surface area contributed by atoms with Crippen molar-refractivity contribution in [2.45, 2.75) is 45.0 Å². The summed E-state index contributed by atoms with van der Waals surface area (Å²) in [6.07, 6.45) is 6.37. The van der Waals surface area contributed by atoms with E-state index in [1.807, 2.05) is 18.3 Å². The van der Waals surface area contributed by atoms with Gasteiger partial charge in [0.25, 0.3) is 5.92 Å². The highest BCUT2D eigenvalue weighted by Gasteiger charge is 2.33. The molecule has 3 heterocycles. The zero-order chi connectivity index (χ0) is 22.3. The van der Waals surface area contributed by atoms with Crippen molar-refractivity contribution in [2.75, 3.05) is 37.6 Å². The van der Waals surface area contributed by atoms with Gasteiger partial charge in [0.2, 0.25) is 5.91 Å². The zero-order valence-corrected chi connectivity index (χ0v) is 18.1. The number of carbonyl (C=O) groups is 1. The molecule has 1 aliphatic heterocycles. The normalized spacial score (nSPS) is 16.2. The minimum Gasteiger partial charge on any atom is -0.370 e. The van der Waals surface area contributed by atoms with Crippen LogP contribution in [0.3, 0.4) is 0 Å². The van der Waals surface area contributed by atoms with E-state index >= 15 is 0 Å². The Kier molecular flexibility index (Phi) is 7.90. The number of unbranched alkanes of at least 4 members (excludes halogenated alkanes) is 1. The van der Waals surface area contributed by atoms with Crippen molar-refractivity contribution in [2.24, 2.45) is 5.73 Å². The molecule has 0 saturated carbocycles. The van der Waals surface area contributed by atoms with E-state index in [9.17, 15) is 13.6 Å². The molecule has 0 aliphatic carbocycles. The van der Waals surface area contributed by atoms with Crippen LogP contribution in [0.2, 0.25) is 0 Å². The zero-order valence-electron chi connectivity index (χ0n) is 18.1. The summed E-state index contributed by atoms with van der Waals surface area (Å²) in [5.41, 5.74) is 8.05. The molecule has 6 nitrogen and oxygen atoms in total. The van der Waals surface area contributed by atoms with Gasteiger partial charge in [-0.2, -0.15) is 0 Å². The van der Waals surface area contributed by atoms with Crippen LogP contribution in [0.4, 0.5) is 14.5 Å². The first kappa shape index (κ1) is 23.1. The van der Waals surface area contributed by atoms with E-state index in [1.165, 1.54) is 0 Å². The number of nitrogens with zero attached hydrogens (tertiary/aromatic N) is 4. The number of hydrogen-bond donors (Lipinski definition) is 1. The molecule has 3 rings (SSSR count). The Morgan fingerprint density at radius 2 is 1.87 bits per heavy atom. The Bertz CT molecular complexity index is 849. The van der Waals surface area contributed by atoms with Crippen molar-refractivity contribution >= 4 is 11.6 Å². The second kappa shape index (κ2) is 10.6. The van der Waals surface area contributed by atoms with Gasteiger partial charge in [-0.1, -0.05) is 13.3 Å². The van der Waals surface area contributed by atoms with E-state index in [4.69, 9.17) is 5.73 Å². The van der Waals surface area contributed by atoms with E-state index < -0.39 is 11.8 Å². The molecule has 0 atom stereocenters. The number of nitrogens with two attached hydrogens (primary N) is 1. The van der Waals surface area contributed by atoms with Crippen LogP contribution in [-0.4, -0.2) is 59.4 Å². The quantitative estimate of drug-likeness (QED) is 0.616. The van der Waals surface area contributed by atoms with Crippen LogP contribution in [0.1, 0.15) is 49.4 Å². The van der Waals surface area contributed by atoms with Gasteiger partial charge in [-0.15, -0.1) is 0 Å². The third-order valence-electron chi connectivity index (χ3n) is 5.69. The molecular weight excluding hydrogens is 400 g/mol. The number of aromatic nitrogens is 2. The molecule has 1 saturated heterocycles. The molecule has 0 unspecified atom stereocenters. The van der Waals surface area contributed by atoms with Crippen LogP contribution in [-0.2, 0) is 0 Å². The van der Waals surface area contributed by atoms with Gasteiger partial charge in [0.15, 0.2) is 0 Å². The van der Waals surface area contributed by atoms with Crippen molar-refractivity contribution in [1.29, 1.82) is 0 Å². The van der Waals surface area contributed by atoms with Gasteiger partial charge in [-0.3, -0.25) is 14.8 Å². The maximum atomic E-state index is 13.3. The standard InChI is InChI=1S/C23H31F2N5O/c1-2-3-12-30(13-4-11-29-14-8-23(24,25)9-15-29)19-5-6-20(28-17-19)21-16-18(22(26)31)7-10-27-21/h5-7,10,16-17H,2-4,8-9,11-15H2,1H3,(H2,26,31). The van der Waals surface area contributed by atoms with E-state index in [-0.39, 0.29) is 12.8 Å². The van der Waals surface area contributed by atoms with Gasteiger partial charge in [-0.05, 0) is 43.7 Å². The van der Waals surface area contributed by atoms with Crippen LogP contribution in [0.15, 0.2) is 36.7 Å². The van der Waals surface area contributed by atoms with E-state index in [1.54, 1.807) is 18.3 Å². The molecule has 8 heteroatoms. The third-order valence-corrected chi connectivity index (χ3v) is 5.69. The van der Waals surface area contributed by atoms with Gasteiger partial charge >= 0.3 is 0 Å². The molecule has 1 fully saturated rings. The molecular formula is C23H31F2N5O. The van der Waals surface area contributed by atoms with Crippen LogP contribution in [0.5, 0.6) is 0 Å². The highest BCUT2D eigenvalue weighted by molar-refractivity contribution is 5.93. The first-order valence-corrected chi connectivity index (χ1v) is 11.0. The second-order valence-corrected chi connectivity index (χ2v) is 8.09. The van der Waals surface area contributed by atoms with Crippen LogP contribution < -0.4 is 10.6 Å². The van der Waals surface area contributed by atoms with Crippen LogP contribution >= 0.6 is 0 Å². The Morgan fingerprint density at radius 3 is 2.52 bits per heavy atom. The van der Waals surface area contributed by atoms with Gasteiger partial charge in [0.1, 0.15) is 0 Å². The van der Waals surface area contributed by atoms with Crippen molar-refractivity contribution < 1.29 is 13.6 Å². The van der Waals surface area contributed by atoms with Crippen molar-refractivity contribution in [3.63, 3.8) is 0 Å². The van der Waals surface area contributed by atoms with E-state index in [0.29, 0.717) is 30.0 Å².